The van der Waals surface area contributed by atoms with E-state index in [0.717, 1.165) is 22.6 Å². The Labute approximate surface area is 146 Å². The summed E-state index contributed by atoms with van der Waals surface area (Å²) in [7, 11) is 0. The third-order valence-corrected chi connectivity index (χ3v) is 4.67. The number of halogens is 1. The van der Waals surface area contributed by atoms with Gasteiger partial charge in [-0.25, -0.2) is 0 Å². The van der Waals surface area contributed by atoms with Crippen LogP contribution in [0.4, 0.5) is 0 Å². The van der Waals surface area contributed by atoms with Crippen molar-refractivity contribution >= 4 is 22.5 Å². The number of H-pyrrole nitrogens is 1. The van der Waals surface area contributed by atoms with Crippen LogP contribution in [0.5, 0.6) is 0 Å². The first-order valence-corrected chi connectivity index (χ1v) is 8.49. The molecule has 0 radical (unpaired) electrons. The van der Waals surface area contributed by atoms with Crippen molar-refractivity contribution in [3.8, 4) is 0 Å². The Morgan fingerprint density at radius 2 is 1.75 bits per heavy atom. The molecule has 126 valence electrons. The Morgan fingerprint density at radius 1 is 1.00 bits per heavy atom. The van der Waals surface area contributed by atoms with Crippen LogP contribution in [0.3, 0.4) is 0 Å². The quantitative estimate of drug-likeness (QED) is 0.528. The summed E-state index contributed by atoms with van der Waals surface area (Å²) in [5, 5.41) is 22.5. The van der Waals surface area contributed by atoms with Crippen LogP contribution >= 0.6 is 11.6 Å². The normalized spacial score (nSPS) is 14.0. The van der Waals surface area contributed by atoms with Crippen molar-refractivity contribution in [3.63, 3.8) is 0 Å². The molecule has 3 rings (SSSR count). The highest BCUT2D eigenvalue weighted by Crippen LogP contribution is 2.33. The van der Waals surface area contributed by atoms with Crippen LogP contribution in [0.1, 0.15) is 17.0 Å². The first-order chi connectivity index (χ1) is 11.7. The van der Waals surface area contributed by atoms with Crippen LogP contribution in [0.25, 0.3) is 10.9 Å². The molecule has 1 heterocycles. The Balaban J connectivity index is 1.94. The van der Waals surface area contributed by atoms with Gasteiger partial charge >= 0.3 is 0 Å². The highest BCUT2D eigenvalue weighted by Gasteiger charge is 2.22. The largest absolute Gasteiger partial charge is 0.393 e. The number of hydrogen-bond donors (Lipinski definition) is 4. The van der Waals surface area contributed by atoms with E-state index in [1.165, 1.54) is 10.9 Å². The van der Waals surface area contributed by atoms with Crippen molar-refractivity contribution < 1.29 is 15.5 Å². The summed E-state index contributed by atoms with van der Waals surface area (Å²) in [6.07, 6.45) is 1.33. The van der Waals surface area contributed by atoms with E-state index in [9.17, 15) is 5.11 Å². The first kappa shape index (κ1) is 17.0. The lowest BCUT2D eigenvalue weighted by Gasteiger charge is -2.18. The van der Waals surface area contributed by atoms with Gasteiger partial charge in [-0.05, 0) is 23.3 Å². The second kappa shape index (κ2) is 7.81. The molecular weight excluding hydrogens is 324 g/mol. The number of rotatable bonds is 7. The number of aliphatic hydroxyl groups is 2. The average Bonchev–Trinajstić information content (AvgIpc) is 3.03. The third kappa shape index (κ3) is 3.62. The van der Waals surface area contributed by atoms with Crippen molar-refractivity contribution in [2.45, 2.75) is 12.0 Å². The van der Waals surface area contributed by atoms with Gasteiger partial charge < -0.3 is 20.5 Å². The van der Waals surface area contributed by atoms with Crippen molar-refractivity contribution in [2.75, 3.05) is 19.7 Å². The second-order valence-corrected chi connectivity index (χ2v) is 6.37. The maximum Gasteiger partial charge on any atom is 0.126 e. The molecule has 5 heteroatoms. The monoisotopic (exact) mass is 345 g/mol. The van der Waals surface area contributed by atoms with Crippen LogP contribution in [-0.2, 0) is 0 Å². The van der Waals surface area contributed by atoms with Gasteiger partial charge in [0.1, 0.15) is 12.6 Å². The third-order valence-electron chi connectivity index (χ3n) is 4.33. The van der Waals surface area contributed by atoms with Crippen LogP contribution < -0.4 is 5.32 Å². The maximum absolute atomic E-state index is 9.58. The summed E-state index contributed by atoms with van der Waals surface area (Å²) < 4.78 is 0. The Morgan fingerprint density at radius 3 is 2.54 bits per heavy atom. The lowest BCUT2D eigenvalue weighted by Crippen LogP contribution is -2.87. The smallest absolute Gasteiger partial charge is 0.126 e. The van der Waals surface area contributed by atoms with Gasteiger partial charge in [-0.3, -0.25) is 0 Å². The van der Waals surface area contributed by atoms with Crippen molar-refractivity contribution in [1.82, 2.24) is 4.98 Å². The Bertz CT molecular complexity index is 803. The molecule has 1 aromatic heterocycles. The molecule has 0 bridgehead atoms. The predicted molar refractivity (Wildman–Crippen MR) is 96.3 cm³/mol. The molecule has 0 unspecified atom stereocenters. The maximum atomic E-state index is 9.58. The van der Waals surface area contributed by atoms with E-state index in [-0.39, 0.29) is 12.5 Å². The zero-order chi connectivity index (χ0) is 16.9. The molecule has 0 saturated heterocycles. The van der Waals surface area contributed by atoms with E-state index < -0.39 is 6.10 Å². The van der Waals surface area contributed by atoms with Crippen molar-refractivity contribution in [3.05, 3.63) is 70.9 Å². The summed E-state index contributed by atoms with van der Waals surface area (Å²) in [5.41, 5.74) is 3.35. The van der Waals surface area contributed by atoms with E-state index >= 15 is 0 Å². The molecule has 0 aliphatic rings. The van der Waals surface area contributed by atoms with Crippen LogP contribution in [0.15, 0.2) is 54.7 Å². The molecule has 0 saturated carbocycles. The molecule has 0 amide bonds. The number of nitrogens with one attached hydrogen (secondary N) is 1. The SMILES string of the molecule is OC[C@H](O)C[NH2+]C[C@H](c1ccccc1Cl)c1c[nH]c2ccccc12. The number of quaternary nitrogens is 1. The Hall–Kier alpha value is -1.85. The number of fused-ring (bicyclic) bond motifs is 1. The van der Waals surface area contributed by atoms with Gasteiger partial charge in [0.15, 0.2) is 0 Å². The molecular formula is C19H22ClN2O2+. The van der Waals surface area contributed by atoms with Gasteiger partial charge in [0.05, 0.1) is 19.1 Å². The van der Waals surface area contributed by atoms with Gasteiger partial charge in [-0.15, -0.1) is 0 Å². The summed E-state index contributed by atoms with van der Waals surface area (Å²) in [6.45, 7) is 0.975. The molecule has 3 aromatic rings. The second-order valence-electron chi connectivity index (χ2n) is 5.96. The highest BCUT2D eigenvalue weighted by atomic mass is 35.5. The van der Waals surface area contributed by atoms with Crippen LogP contribution in [0.2, 0.25) is 5.02 Å². The van der Waals surface area contributed by atoms with E-state index in [1.54, 1.807) is 0 Å². The number of benzene rings is 2. The Kier molecular flexibility index (Phi) is 5.53. The number of aromatic nitrogens is 1. The zero-order valence-electron chi connectivity index (χ0n) is 13.3. The van der Waals surface area contributed by atoms with E-state index in [1.807, 2.05) is 47.9 Å². The number of hydrogen-bond acceptors (Lipinski definition) is 2. The van der Waals surface area contributed by atoms with Crippen LogP contribution in [0, 0.1) is 0 Å². The molecule has 5 N–H and O–H groups in total. The minimum Gasteiger partial charge on any atom is -0.393 e. The lowest BCUT2D eigenvalue weighted by atomic mass is 9.90. The van der Waals surface area contributed by atoms with Gasteiger partial charge in [0.25, 0.3) is 0 Å². The minimum atomic E-state index is -0.708. The van der Waals surface area contributed by atoms with E-state index in [0.29, 0.717) is 6.54 Å². The highest BCUT2D eigenvalue weighted by molar-refractivity contribution is 6.31. The number of aromatic amines is 1. The molecule has 24 heavy (non-hydrogen) atoms. The topological polar surface area (TPSA) is 72.9 Å². The van der Waals surface area contributed by atoms with Gasteiger partial charge in [0, 0.05) is 22.1 Å². The van der Waals surface area contributed by atoms with Crippen molar-refractivity contribution in [1.29, 1.82) is 0 Å². The summed E-state index contributed by atoms with van der Waals surface area (Å²) in [6, 6.07) is 16.1. The minimum absolute atomic E-state index is 0.0979. The van der Waals surface area contributed by atoms with E-state index in [4.69, 9.17) is 16.7 Å². The molecule has 0 fully saturated rings. The fourth-order valence-corrected chi connectivity index (χ4v) is 3.36. The molecule has 4 nitrogen and oxygen atoms in total. The first-order valence-electron chi connectivity index (χ1n) is 8.11. The summed E-state index contributed by atoms with van der Waals surface area (Å²) in [4.78, 5) is 3.32. The lowest BCUT2D eigenvalue weighted by molar-refractivity contribution is -0.662. The molecule has 2 atom stereocenters. The van der Waals surface area contributed by atoms with Gasteiger partial charge in [-0.2, -0.15) is 0 Å². The average molecular weight is 346 g/mol. The fourth-order valence-electron chi connectivity index (χ4n) is 3.09. The van der Waals surface area contributed by atoms with Gasteiger partial charge in [-0.1, -0.05) is 48.0 Å². The predicted octanol–water partition coefficient (Wildman–Crippen LogP) is 1.87. The van der Waals surface area contributed by atoms with Crippen LogP contribution in [-0.4, -0.2) is 41.0 Å². The number of para-hydroxylation sites is 1. The molecule has 2 aromatic carbocycles. The fraction of sp³-hybridized carbons (Fsp3) is 0.263. The zero-order valence-corrected chi connectivity index (χ0v) is 14.1. The number of aliphatic hydroxyl groups excluding tert-OH is 2. The summed E-state index contributed by atoms with van der Waals surface area (Å²) in [5.74, 6) is 0.0979. The molecule has 0 aliphatic carbocycles. The van der Waals surface area contributed by atoms with Crippen molar-refractivity contribution in [2.24, 2.45) is 0 Å². The number of nitrogens with two attached hydrogens (primary N) is 1. The molecule has 0 spiro atoms. The molecule has 0 aliphatic heterocycles. The van der Waals surface area contributed by atoms with Gasteiger partial charge in [0.2, 0.25) is 0 Å². The summed E-state index contributed by atoms with van der Waals surface area (Å²) >= 11 is 6.44. The standard InChI is InChI=1S/C19H21ClN2O2/c20-18-7-3-1-5-14(18)16(10-21-9-13(24)12-23)17-11-22-19-8-4-2-6-15(17)19/h1-8,11,13,16,21-24H,9-10,12H2/p+1/t13-,16-/m1/s1. The van der Waals surface area contributed by atoms with E-state index in [2.05, 4.69) is 17.1 Å².